The molecule has 0 nitrogen and oxygen atoms in total. The molecule has 0 atom stereocenters. The minimum absolute atomic E-state index is 0.909. The number of halogens is 2. The van der Waals surface area contributed by atoms with Crippen molar-refractivity contribution in [3.63, 3.8) is 0 Å². The summed E-state index contributed by atoms with van der Waals surface area (Å²) in [6, 6.07) is 4.48. The van der Waals surface area contributed by atoms with Gasteiger partial charge in [0.2, 0.25) is 0 Å². The lowest BCUT2D eigenvalue weighted by Gasteiger charge is -2.06. The zero-order chi connectivity index (χ0) is 10.1. The summed E-state index contributed by atoms with van der Waals surface area (Å²) in [5, 5.41) is 4.42. The van der Waals surface area contributed by atoms with Gasteiger partial charge in [0, 0.05) is 19.9 Å². The Morgan fingerprint density at radius 3 is 2.79 bits per heavy atom. The molecule has 0 saturated heterocycles. The van der Waals surface area contributed by atoms with Gasteiger partial charge in [-0.2, -0.15) is 0 Å². The topological polar surface area (TPSA) is 0 Å². The van der Waals surface area contributed by atoms with E-state index in [4.69, 9.17) is 0 Å². The Balaban J connectivity index is 2.80. The summed E-state index contributed by atoms with van der Waals surface area (Å²) in [5.74, 6) is 0. The van der Waals surface area contributed by atoms with E-state index in [1.54, 1.807) is 0 Å². The van der Waals surface area contributed by atoms with Crippen molar-refractivity contribution in [2.45, 2.75) is 18.7 Å². The number of thiophene rings is 1. The van der Waals surface area contributed by atoms with E-state index < -0.39 is 0 Å². The second-order valence-electron chi connectivity index (χ2n) is 3.16. The first kappa shape index (κ1) is 10.7. The highest BCUT2D eigenvalue weighted by atomic mass is 79.9. The van der Waals surface area contributed by atoms with Crippen molar-refractivity contribution >= 4 is 53.3 Å². The summed E-state index contributed by atoms with van der Waals surface area (Å²) in [7, 11) is 0. The third-order valence-corrected chi connectivity index (χ3v) is 4.88. The van der Waals surface area contributed by atoms with Crippen LogP contribution in [-0.4, -0.2) is 0 Å². The largest absolute Gasteiger partial charge is 0.143 e. The number of alkyl halides is 1. The number of benzene rings is 1. The molecule has 2 aromatic rings. The predicted octanol–water partition coefficient (Wildman–Crippen LogP) is 5.12. The molecule has 0 aliphatic heterocycles. The molecule has 0 aliphatic rings. The molecule has 1 aromatic heterocycles. The number of hydrogen-bond donors (Lipinski definition) is 0. The van der Waals surface area contributed by atoms with E-state index in [9.17, 15) is 0 Å². The molecule has 2 rings (SSSR count). The Labute approximate surface area is 105 Å². The second kappa shape index (κ2) is 4.33. The Hall–Kier alpha value is 0.140. The van der Waals surface area contributed by atoms with Crippen molar-refractivity contribution in [2.75, 3.05) is 0 Å². The maximum absolute atomic E-state index is 3.66. The molecule has 0 bridgehead atoms. The smallest absolute Gasteiger partial charge is 0.0386 e. The quantitative estimate of drug-likeness (QED) is 0.669. The zero-order valence-corrected chi connectivity index (χ0v) is 11.8. The van der Waals surface area contributed by atoms with Crippen molar-refractivity contribution in [3.8, 4) is 0 Å². The van der Waals surface area contributed by atoms with Gasteiger partial charge in [-0.05, 0) is 44.9 Å². The minimum atomic E-state index is 0.909. The van der Waals surface area contributed by atoms with Gasteiger partial charge in [-0.15, -0.1) is 11.3 Å². The SMILES string of the molecule is CCc1cc(CBr)c(Br)c2ccsc12. The molecule has 0 fully saturated rings. The minimum Gasteiger partial charge on any atom is -0.143 e. The van der Waals surface area contributed by atoms with E-state index in [1.807, 2.05) is 11.3 Å². The summed E-state index contributed by atoms with van der Waals surface area (Å²) in [4.78, 5) is 0. The van der Waals surface area contributed by atoms with E-state index in [0.29, 0.717) is 0 Å². The summed E-state index contributed by atoms with van der Waals surface area (Å²) >= 11 is 9.01. The third-order valence-electron chi connectivity index (χ3n) is 2.35. The van der Waals surface area contributed by atoms with Crippen molar-refractivity contribution < 1.29 is 0 Å². The van der Waals surface area contributed by atoms with Crippen LogP contribution < -0.4 is 0 Å². The van der Waals surface area contributed by atoms with Gasteiger partial charge in [0.1, 0.15) is 0 Å². The maximum atomic E-state index is 3.66. The Morgan fingerprint density at radius 1 is 1.36 bits per heavy atom. The lowest BCUT2D eigenvalue weighted by Crippen LogP contribution is -1.87. The van der Waals surface area contributed by atoms with Crippen LogP contribution >= 0.6 is 43.2 Å². The molecule has 0 amide bonds. The zero-order valence-electron chi connectivity index (χ0n) is 7.81. The summed E-state index contributed by atoms with van der Waals surface area (Å²) < 4.78 is 2.66. The fraction of sp³-hybridized carbons (Fsp3) is 0.273. The van der Waals surface area contributed by atoms with Gasteiger partial charge in [0.25, 0.3) is 0 Å². The molecular weight excluding hydrogens is 324 g/mol. The molecule has 14 heavy (non-hydrogen) atoms. The standard InChI is InChI=1S/C11H10Br2S/c1-2-7-5-8(6-12)10(13)9-3-4-14-11(7)9/h3-5H,2,6H2,1H3. The molecule has 0 N–H and O–H groups in total. The second-order valence-corrected chi connectivity index (χ2v) is 5.43. The molecule has 3 heteroatoms. The van der Waals surface area contributed by atoms with Gasteiger partial charge in [-0.25, -0.2) is 0 Å². The van der Waals surface area contributed by atoms with Crippen LogP contribution in [0.5, 0.6) is 0 Å². The molecular formula is C11H10Br2S. The first-order valence-corrected chi connectivity index (χ1v) is 7.30. The van der Waals surface area contributed by atoms with Crippen LogP contribution in [0.2, 0.25) is 0 Å². The molecule has 0 unspecified atom stereocenters. The predicted molar refractivity (Wildman–Crippen MR) is 71.5 cm³/mol. The average molecular weight is 334 g/mol. The first-order valence-electron chi connectivity index (χ1n) is 4.51. The summed E-state index contributed by atoms with van der Waals surface area (Å²) in [6.45, 7) is 2.21. The molecule has 74 valence electrons. The summed E-state index contributed by atoms with van der Waals surface area (Å²) in [6.07, 6.45) is 1.10. The van der Waals surface area contributed by atoms with Gasteiger partial charge < -0.3 is 0 Å². The van der Waals surface area contributed by atoms with Crippen molar-refractivity contribution in [1.29, 1.82) is 0 Å². The third kappa shape index (κ3) is 1.66. The summed E-state index contributed by atoms with van der Waals surface area (Å²) in [5.41, 5.74) is 2.79. The van der Waals surface area contributed by atoms with Crippen LogP contribution in [0.3, 0.4) is 0 Å². The molecule has 0 spiro atoms. The van der Waals surface area contributed by atoms with Crippen molar-refractivity contribution in [3.05, 3.63) is 33.1 Å². The van der Waals surface area contributed by atoms with Crippen LogP contribution in [-0.2, 0) is 11.8 Å². The fourth-order valence-corrected chi connectivity index (χ4v) is 4.13. The number of aryl methyl sites for hydroxylation is 1. The van der Waals surface area contributed by atoms with E-state index in [1.165, 1.54) is 25.7 Å². The fourth-order valence-electron chi connectivity index (χ4n) is 1.60. The van der Waals surface area contributed by atoms with Crippen molar-refractivity contribution in [2.24, 2.45) is 0 Å². The van der Waals surface area contributed by atoms with Crippen molar-refractivity contribution in [1.82, 2.24) is 0 Å². The molecule has 1 heterocycles. The van der Waals surface area contributed by atoms with Crippen LogP contribution in [0, 0.1) is 0 Å². The van der Waals surface area contributed by atoms with Gasteiger partial charge >= 0.3 is 0 Å². The maximum Gasteiger partial charge on any atom is 0.0386 e. The first-order chi connectivity index (χ1) is 6.77. The van der Waals surface area contributed by atoms with Gasteiger partial charge in [-0.1, -0.05) is 28.9 Å². The highest BCUT2D eigenvalue weighted by Crippen LogP contribution is 2.35. The van der Waals surface area contributed by atoms with Gasteiger partial charge in [0.05, 0.1) is 0 Å². The number of hydrogen-bond acceptors (Lipinski definition) is 1. The van der Waals surface area contributed by atoms with E-state index in [-0.39, 0.29) is 0 Å². The number of rotatable bonds is 2. The van der Waals surface area contributed by atoms with Gasteiger partial charge in [0.15, 0.2) is 0 Å². The Morgan fingerprint density at radius 2 is 2.14 bits per heavy atom. The molecule has 0 radical (unpaired) electrons. The van der Waals surface area contributed by atoms with E-state index in [0.717, 1.165) is 11.8 Å². The highest BCUT2D eigenvalue weighted by Gasteiger charge is 2.09. The lowest BCUT2D eigenvalue weighted by atomic mass is 10.1. The van der Waals surface area contributed by atoms with Crippen LogP contribution in [0.4, 0.5) is 0 Å². The van der Waals surface area contributed by atoms with Crippen LogP contribution in [0.1, 0.15) is 18.1 Å². The molecule has 1 aromatic carbocycles. The van der Waals surface area contributed by atoms with Crippen LogP contribution in [0.25, 0.3) is 10.1 Å². The Bertz CT molecular complexity index is 460. The number of fused-ring (bicyclic) bond motifs is 1. The van der Waals surface area contributed by atoms with E-state index in [2.05, 4.69) is 56.3 Å². The van der Waals surface area contributed by atoms with Gasteiger partial charge in [-0.3, -0.25) is 0 Å². The molecule has 0 saturated carbocycles. The van der Waals surface area contributed by atoms with E-state index >= 15 is 0 Å². The molecule has 0 aliphatic carbocycles. The monoisotopic (exact) mass is 332 g/mol. The lowest BCUT2D eigenvalue weighted by molar-refractivity contribution is 1.15. The van der Waals surface area contributed by atoms with Crippen LogP contribution in [0.15, 0.2) is 22.0 Å². The highest BCUT2D eigenvalue weighted by molar-refractivity contribution is 9.11. The normalized spacial score (nSPS) is 11.1. The Kier molecular flexibility index (Phi) is 3.30. The average Bonchev–Trinajstić information content (AvgIpc) is 2.68.